The quantitative estimate of drug-likeness (QED) is 0.671. The Balaban J connectivity index is 2.61. The highest BCUT2D eigenvalue weighted by Gasteiger charge is 2.67. The van der Waals surface area contributed by atoms with Gasteiger partial charge in [-0.3, -0.25) is 4.79 Å². The lowest BCUT2D eigenvalue weighted by Crippen LogP contribution is -2.60. The number of carbonyl (C=O) groups is 1. The molecule has 2 aliphatic carbocycles. The number of aliphatic hydroxyl groups is 1. The molecule has 2 nitrogen and oxygen atoms in total. The first-order valence-electron chi connectivity index (χ1n) is 5.69. The predicted molar refractivity (Wildman–Crippen MR) is 59.4 cm³/mol. The predicted octanol–water partition coefficient (Wildman–Crippen LogP) is 2.32. The summed E-state index contributed by atoms with van der Waals surface area (Å²) in [6.45, 7) is 9.85. The van der Waals surface area contributed by atoms with E-state index in [4.69, 9.17) is 0 Å². The van der Waals surface area contributed by atoms with E-state index in [2.05, 4.69) is 20.4 Å². The molecule has 3 unspecified atom stereocenters. The molecule has 2 fully saturated rings. The highest BCUT2D eigenvalue weighted by atomic mass is 16.3. The summed E-state index contributed by atoms with van der Waals surface area (Å²) in [4.78, 5) is 11.9. The van der Waals surface area contributed by atoms with Gasteiger partial charge >= 0.3 is 0 Å². The molecule has 0 spiro atoms. The van der Waals surface area contributed by atoms with Crippen LogP contribution >= 0.6 is 0 Å². The Morgan fingerprint density at radius 3 is 2.60 bits per heavy atom. The smallest absolute Gasteiger partial charge is 0.165 e. The molecule has 0 aliphatic heterocycles. The molecule has 0 saturated heterocycles. The fraction of sp³-hybridized carbons (Fsp3) is 0.769. The van der Waals surface area contributed by atoms with E-state index in [0.29, 0.717) is 12.3 Å². The van der Waals surface area contributed by atoms with Gasteiger partial charge in [-0.15, -0.1) is 6.58 Å². The lowest BCUT2D eigenvalue weighted by molar-refractivity contribution is -0.167. The van der Waals surface area contributed by atoms with Crippen molar-refractivity contribution in [3.05, 3.63) is 12.7 Å². The van der Waals surface area contributed by atoms with Crippen molar-refractivity contribution in [1.29, 1.82) is 0 Å². The SMILES string of the molecule is C=CC12CCC(CC(=O)C1(C)O)C2(C)C. The summed E-state index contributed by atoms with van der Waals surface area (Å²) in [6.07, 6.45) is 4.26. The van der Waals surface area contributed by atoms with E-state index >= 15 is 0 Å². The normalized spacial score (nSPS) is 48.0. The third-order valence-corrected chi connectivity index (χ3v) is 5.25. The second kappa shape index (κ2) is 2.73. The van der Waals surface area contributed by atoms with Crippen LogP contribution in [-0.2, 0) is 4.79 Å². The van der Waals surface area contributed by atoms with Crippen molar-refractivity contribution < 1.29 is 9.90 Å². The van der Waals surface area contributed by atoms with Crippen LogP contribution in [0.1, 0.15) is 40.0 Å². The fourth-order valence-corrected chi connectivity index (χ4v) is 3.91. The zero-order valence-corrected chi connectivity index (χ0v) is 9.84. The minimum Gasteiger partial charge on any atom is -0.381 e. The van der Waals surface area contributed by atoms with Crippen LogP contribution in [0.25, 0.3) is 0 Å². The molecule has 3 atom stereocenters. The number of rotatable bonds is 1. The minimum atomic E-state index is -1.23. The van der Waals surface area contributed by atoms with Gasteiger partial charge in [0.25, 0.3) is 0 Å². The van der Waals surface area contributed by atoms with Crippen LogP contribution in [0.5, 0.6) is 0 Å². The molecule has 15 heavy (non-hydrogen) atoms. The summed E-state index contributed by atoms with van der Waals surface area (Å²) >= 11 is 0. The Labute approximate surface area is 91.4 Å². The standard InChI is InChI=1S/C13H20O2/c1-5-13-7-6-9(11(13,2)3)8-10(14)12(13,4)15/h5,9,15H,1,6-8H2,2-4H3. The highest BCUT2D eigenvalue weighted by Crippen LogP contribution is 2.66. The Morgan fingerprint density at radius 2 is 2.07 bits per heavy atom. The average molecular weight is 208 g/mol. The number of hydrogen-bond donors (Lipinski definition) is 1. The number of Topliss-reactive ketones (excluding diaryl/α,β-unsaturated/α-hetero) is 1. The van der Waals surface area contributed by atoms with E-state index in [1.165, 1.54) is 0 Å². The van der Waals surface area contributed by atoms with Gasteiger partial charge in [0, 0.05) is 11.8 Å². The summed E-state index contributed by atoms with van der Waals surface area (Å²) in [5.41, 5.74) is -1.68. The Kier molecular flexibility index (Phi) is 1.98. The van der Waals surface area contributed by atoms with Crippen LogP contribution in [-0.4, -0.2) is 16.5 Å². The summed E-state index contributed by atoms with van der Waals surface area (Å²) in [5.74, 6) is 0.396. The first-order chi connectivity index (χ1) is 6.79. The van der Waals surface area contributed by atoms with Crippen LogP contribution in [0.2, 0.25) is 0 Å². The third kappa shape index (κ3) is 0.963. The topological polar surface area (TPSA) is 37.3 Å². The molecule has 0 aromatic rings. The summed E-state index contributed by atoms with van der Waals surface area (Å²) in [5, 5.41) is 10.5. The van der Waals surface area contributed by atoms with E-state index in [0.717, 1.165) is 12.8 Å². The molecule has 0 aromatic carbocycles. The molecular formula is C13H20O2. The van der Waals surface area contributed by atoms with Crippen molar-refractivity contribution in [2.45, 2.75) is 45.6 Å². The zero-order valence-electron chi connectivity index (χ0n) is 9.84. The fourth-order valence-electron chi connectivity index (χ4n) is 3.91. The second-order valence-corrected chi connectivity index (χ2v) is 5.83. The average Bonchev–Trinajstić information content (AvgIpc) is 2.32. The zero-order chi connectivity index (χ0) is 11.5. The van der Waals surface area contributed by atoms with Crippen molar-refractivity contribution >= 4 is 5.78 Å². The lowest BCUT2D eigenvalue weighted by atomic mass is 9.51. The second-order valence-electron chi connectivity index (χ2n) is 5.83. The molecule has 0 amide bonds. The number of fused-ring (bicyclic) bond motifs is 2. The Morgan fingerprint density at radius 1 is 1.47 bits per heavy atom. The molecule has 2 heteroatoms. The molecule has 2 aliphatic rings. The number of hydrogen-bond acceptors (Lipinski definition) is 2. The maximum Gasteiger partial charge on any atom is 0.165 e. The van der Waals surface area contributed by atoms with Crippen LogP contribution in [0.4, 0.5) is 0 Å². The van der Waals surface area contributed by atoms with Crippen LogP contribution in [0.3, 0.4) is 0 Å². The van der Waals surface area contributed by atoms with Gasteiger partial charge in [-0.1, -0.05) is 19.9 Å². The highest BCUT2D eigenvalue weighted by molar-refractivity contribution is 5.90. The summed E-state index contributed by atoms with van der Waals surface area (Å²) in [6, 6.07) is 0. The van der Waals surface area contributed by atoms with Gasteiger partial charge in [-0.05, 0) is 31.1 Å². The molecule has 2 bridgehead atoms. The van der Waals surface area contributed by atoms with Crippen LogP contribution in [0.15, 0.2) is 12.7 Å². The summed E-state index contributed by atoms with van der Waals surface area (Å²) < 4.78 is 0. The lowest BCUT2D eigenvalue weighted by Gasteiger charge is -2.53. The monoisotopic (exact) mass is 208 g/mol. The Hall–Kier alpha value is -0.630. The first-order valence-corrected chi connectivity index (χ1v) is 5.69. The number of carbonyl (C=O) groups excluding carboxylic acids is 1. The molecule has 2 rings (SSSR count). The van der Waals surface area contributed by atoms with Gasteiger partial charge in [-0.25, -0.2) is 0 Å². The summed E-state index contributed by atoms with van der Waals surface area (Å²) in [7, 11) is 0. The van der Waals surface area contributed by atoms with E-state index in [9.17, 15) is 9.90 Å². The van der Waals surface area contributed by atoms with Gasteiger partial charge in [0.2, 0.25) is 0 Å². The van der Waals surface area contributed by atoms with Crippen molar-refractivity contribution in [3.63, 3.8) is 0 Å². The van der Waals surface area contributed by atoms with E-state index in [1.807, 2.05) is 6.08 Å². The van der Waals surface area contributed by atoms with Crippen molar-refractivity contribution in [2.75, 3.05) is 0 Å². The van der Waals surface area contributed by atoms with Gasteiger partial charge in [-0.2, -0.15) is 0 Å². The molecule has 0 radical (unpaired) electrons. The van der Waals surface area contributed by atoms with E-state index in [1.54, 1.807) is 6.92 Å². The molecule has 0 aromatic heterocycles. The molecule has 1 N–H and O–H groups in total. The molecular weight excluding hydrogens is 188 g/mol. The first kappa shape index (κ1) is 10.9. The van der Waals surface area contributed by atoms with E-state index in [-0.39, 0.29) is 11.2 Å². The minimum absolute atomic E-state index is 0.00998. The number of ketones is 1. The van der Waals surface area contributed by atoms with Crippen molar-refractivity contribution in [3.8, 4) is 0 Å². The van der Waals surface area contributed by atoms with Gasteiger partial charge in [0.15, 0.2) is 5.78 Å². The van der Waals surface area contributed by atoms with Gasteiger partial charge < -0.3 is 5.11 Å². The molecule has 84 valence electrons. The van der Waals surface area contributed by atoms with Crippen molar-refractivity contribution in [1.82, 2.24) is 0 Å². The Bertz CT molecular complexity index is 327. The van der Waals surface area contributed by atoms with Crippen molar-refractivity contribution in [2.24, 2.45) is 16.7 Å². The maximum absolute atomic E-state index is 11.9. The molecule has 2 saturated carbocycles. The van der Waals surface area contributed by atoms with Gasteiger partial charge in [0.1, 0.15) is 5.60 Å². The molecule has 0 heterocycles. The van der Waals surface area contributed by atoms with E-state index < -0.39 is 11.0 Å². The third-order valence-electron chi connectivity index (χ3n) is 5.25. The van der Waals surface area contributed by atoms with Gasteiger partial charge in [0.05, 0.1) is 0 Å². The van der Waals surface area contributed by atoms with Crippen LogP contribution in [0, 0.1) is 16.7 Å². The largest absolute Gasteiger partial charge is 0.381 e. The maximum atomic E-state index is 11.9. The van der Waals surface area contributed by atoms with Crippen LogP contribution < -0.4 is 0 Å².